The van der Waals surface area contributed by atoms with Gasteiger partial charge in [-0.15, -0.1) is 0 Å². The smallest absolute Gasteiger partial charge is 0.180 e. The molecule has 4 rings (SSSR count). The summed E-state index contributed by atoms with van der Waals surface area (Å²) in [5.74, 6) is 1.55. The normalized spacial score (nSPS) is 19.5. The quantitative estimate of drug-likeness (QED) is 0.796. The van der Waals surface area contributed by atoms with Crippen LogP contribution in [0.5, 0.6) is 0 Å². The van der Waals surface area contributed by atoms with Crippen LogP contribution in [-0.2, 0) is 11.3 Å². The SMILES string of the molecule is Cc1nc([C@H]2CN(Cc3cn4cccc(C)c4n3)CCO2)n[nH]1. The Balaban J connectivity index is 1.50. The fourth-order valence-electron chi connectivity index (χ4n) is 3.02. The predicted molar refractivity (Wildman–Crippen MR) is 85.0 cm³/mol. The van der Waals surface area contributed by atoms with E-state index in [-0.39, 0.29) is 6.10 Å². The van der Waals surface area contributed by atoms with Crippen molar-refractivity contribution in [2.45, 2.75) is 26.5 Å². The van der Waals surface area contributed by atoms with Crippen LogP contribution in [0.1, 0.15) is 29.0 Å². The lowest BCUT2D eigenvalue weighted by Gasteiger charge is -2.30. The average Bonchev–Trinajstić information content (AvgIpc) is 3.14. The molecule has 3 aromatic rings. The third-order valence-electron chi connectivity index (χ3n) is 4.17. The Hall–Kier alpha value is -2.25. The molecule has 7 heteroatoms. The second-order valence-corrected chi connectivity index (χ2v) is 6.03. The number of fused-ring (bicyclic) bond motifs is 1. The van der Waals surface area contributed by atoms with Crippen molar-refractivity contribution in [3.8, 4) is 0 Å². The van der Waals surface area contributed by atoms with Crippen LogP contribution in [0.2, 0.25) is 0 Å². The molecule has 0 bridgehead atoms. The summed E-state index contributed by atoms with van der Waals surface area (Å²) in [7, 11) is 0. The number of pyridine rings is 1. The molecule has 1 saturated heterocycles. The van der Waals surface area contributed by atoms with E-state index >= 15 is 0 Å². The van der Waals surface area contributed by atoms with Gasteiger partial charge in [-0.2, -0.15) is 5.10 Å². The van der Waals surface area contributed by atoms with Gasteiger partial charge in [0.25, 0.3) is 0 Å². The highest BCUT2D eigenvalue weighted by Crippen LogP contribution is 2.20. The number of aromatic nitrogens is 5. The maximum Gasteiger partial charge on any atom is 0.180 e. The molecule has 0 unspecified atom stereocenters. The molecular formula is C16H20N6O. The van der Waals surface area contributed by atoms with Gasteiger partial charge < -0.3 is 9.14 Å². The number of morpholine rings is 1. The number of aryl methyl sites for hydroxylation is 2. The van der Waals surface area contributed by atoms with Crippen LogP contribution in [0.3, 0.4) is 0 Å². The Kier molecular flexibility index (Phi) is 3.59. The van der Waals surface area contributed by atoms with Gasteiger partial charge in [0.05, 0.1) is 12.3 Å². The Morgan fingerprint density at radius 3 is 3.04 bits per heavy atom. The second-order valence-electron chi connectivity index (χ2n) is 6.03. The second kappa shape index (κ2) is 5.75. The van der Waals surface area contributed by atoms with Gasteiger partial charge in [0.2, 0.25) is 0 Å². The molecule has 0 radical (unpaired) electrons. The van der Waals surface area contributed by atoms with E-state index in [2.05, 4.69) is 43.7 Å². The van der Waals surface area contributed by atoms with Gasteiger partial charge in [0.1, 0.15) is 17.6 Å². The van der Waals surface area contributed by atoms with Crippen LogP contribution in [-0.4, -0.2) is 49.2 Å². The lowest BCUT2D eigenvalue weighted by atomic mass is 10.2. The van der Waals surface area contributed by atoms with Crippen LogP contribution in [0.25, 0.3) is 5.65 Å². The number of aromatic amines is 1. The molecule has 0 spiro atoms. The minimum atomic E-state index is -0.0764. The van der Waals surface area contributed by atoms with Gasteiger partial charge in [-0.05, 0) is 25.5 Å². The van der Waals surface area contributed by atoms with E-state index in [1.165, 1.54) is 5.56 Å². The molecule has 1 fully saturated rings. The molecule has 1 aliphatic rings. The van der Waals surface area contributed by atoms with Gasteiger partial charge >= 0.3 is 0 Å². The van der Waals surface area contributed by atoms with E-state index < -0.39 is 0 Å². The first kappa shape index (κ1) is 14.3. The standard InChI is InChI=1S/C16H20N6O/c1-11-4-3-5-22-9-13(18-16(11)22)8-21-6-7-23-14(10-21)15-17-12(2)19-20-15/h3-5,9,14H,6-8,10H2,1-2H3,(H,17,19,20)/t14-/m1/s1. The summed E-state index contributed by atoms with van der Waals surface area (Å²) >= 11 is 0. The molecule has 0 aliphatic carbocycles. The first-order valence-electron chi connectivity index (χ1n) is 7.85. The molecule has 1 atom stereocenters. The Morgan fingerprint density at radius 2 is 2.26 bits per heavy atom. The number of H-pyrrole nitrogens is 1. The van der Waals surface area contributed by atoms with Crippen LogP contribution in [0, 0.1) is 13.8 Å². The van der Waals surface area contributed by atoms with E-state index in [0.717, 1.165) is 42.6 Å². The predicted octanol–water partition coefficient (Wildman–Crippen LogP) is 1.64. The van der Waals surface area contributed by atoms with E-state index in [1.54, 1.807) is 0 Å². The molecule has 0 aromatic carbocycles. The summed E-state index contributed by atoms with van der Waals surface area (Å²) in [5.41, 5.74) is 3.29. The lowest BCUT2D eigenvalue weighted by molar-refractivity contribution is -0.0373. The van der Waals surface area contributed by atoms with Gasteiger partial charge in [0.15, 0.2) is 5.82 Å². The fraction of sp³-hybridized carbons (Fsp3) is 0.438. The number of nitrogens with zero attached hydrogens (tertiary/aromatic N) is 5. The maximum atomic E-state index is 5.81. The first-order valence-corrected chi connectivity index (χ1v) is 7.85. The zero-order valence-corrected chi connectivity index (χ0v) is 13.4. The zero-order chi connectivity index (χ0) is 15.8. The van der Waals surface area contributed by atoms with Crippen molar-refractivity contribution >= 4 is 5.65 Å². The van der Waals surface area contributed by atoms with E-state index in [1.807, 2.05) is 19.2 Å². The highest BCUT2D eigenvalue weighted by atomic mass is 16.5. The highest BCUT2D eigenvalue weighted by Gasteiger charge is 2.25. The van der Waals surface area contributed by atoms with E-state index in [4.69, 9.17) is 9.72 Å². The number of nitrogens with one attached hydrogen (secondary N) is 1. The Labute approximate surface area is 134 Å². The Morgan fingerprint density at radius 1 is 1.35 bits per heavy atom. The van der Waals surface area contributed by atoms with E-state index in [0.29, 0.717) is 6.61 Å². The van der Waals surface area contributed by atoms with Crippen LogP contribution < -0.4 is 0 Å². The molecule has 23 heavy (non-hydrogen) atoms. The van der Waals surface area contributed by atoms with Gasteiger partial charge in [-0.25, -0.2) is 9.97 Å². The number of hydrogen-bond acceptors (Lipinski definition) is 5. The van der Waals surface area contributed by atoms with Crippen molar-refractivity contribution in [3.63, 3.8) is 0 Å². The molecule has 0 saturated carbocycles. The number of ether oxygens (including phenoxy) is 1. The van der Waals surface area contributed by atoms with Gasteiger partial charge in [-0.1, -0.05) is 6.07 Å². The lowest BCUT2D eigenvalue weighted by Crippen LogP contribution is -2.38. The number of imidazole rings is 1. The Bertz CT molecular complexity index is 823. The summed E-state index contributed by atoms with van der Waals surface area (Å²) in [5, 5.41) is 7.10. The summed E-state index contributed by atoms with van der Waals surface area (Å²) in [6.07, 6.45) is 4.06. The molecule has 0 amide bonds. The van der Waals surface area contributed by atoms with Gasteiger partial charge in [0, 0.05) is 32.0 Å². The van der Waals surface area contributed by atoms with Crippen LogP contribution in [0.15, 0.2) is 24.5 Å². The van der Waals surface area contributed by atoms with Crippen LogP contribution >= 0.6 is 0 Å². The zero-order valence-electron chi connectivity index (χ0n) is 13.4. The van der Waals surface area contributed by atoms with Gasteiger partial charge in [-0.3, -0.25) is 10.00 Å². The molecule has 120 valence electrons. The molecule has 4 heterocycles. The fourth-order valence-corrected chi connectivity index (χ4v) is 3.02. The summed E-state index contributed by atoms with van der Waals surface area (Å²) in [4.78, 5) is 11.5. The van der Waals surface area contributed by atoms with Crippen molar-refractivity contribution in [2.75, 3.05) is 19.7 Å². The van der Waals surface area contributed by atoms with Crippen molar-refractivity contribution < 1.29 is 4.74 Å². The monoisotopic (exact) mass is 312 g/mol. The topological polar surface area (TPSA) is 71.3 Å². The minimum Gasteiger partial charge on any atom is -0.367 e. The molecule has 7 nitrogen and oxygen atoms in total. The van der Waals surface area contributed by atoms with Crippen molar-refractivity contribution in [3.05, 3.63) is 47.4 Å². The molecular weight excluding hydrogens is 292 g/mol. The summed E-state index contributed by atoms with van der Waals surface area (Å²) in [6, 6.07) is 4.13. The first-order chi connectivity index (χ1) is 11.2. The maximum absolute atomic E-state index is 5.81. The third-order valence-corrected chi connectivity index (χ3v) is 4.17. The minimum absolute atomic E-state index is 0.0764. The molecule has 1 aliphatic heterocycles. The van der Waals surface area contributed by atoms with Crippen molar-refractivity contribution in [1.82, 2.24) is 29.5 Å². The summed E-state index contributed by atoms with van der Waals surface area (Å²) < 4.78 is 7.90. The van der Waals surface area contributed by atoms with Crippen molar-refractivity contribution in [1.29, 1.82) is 0 Å². The van der Waals surface area contributed by atoms with Crippen LogP contribution in [0.4, 0.5) is 0 Å². The molecule has 1 N–H and O–H groups in total. The summed E-state index contributed by atoms with van der Waals surface area (Å²) in [6.45, 7) is 7.16. The highest BCUT2D eigenvalue weighted by molar-refractivity contribution is 5.47. The van der Waals surface area contributed by atoms with E-state index in [9.17, 15) is 0 Å². The number of hydrogen-bond donors (Lipinski definition) is 1. The van der Waals surface area contributed by atoms with Crippen molar-refractivity contribution in [2.24, 2.45) is 0 Å². The molecule has 3 aromatic heterocycles. The average molecular weight is 312 g/mol. The largest absolute Gasteiger partial charge is 0.367 e. The third kappa shape index (κ3) is 2.85. The number of rotatable bonds is 3.